The number of hydrogen-bond donors (Lipinski definition) is 2. The van der Waals surface area contributed by atoms with Crippen molar-refractivity contribution in [3.05, 3.63) is 21.0 Å². The van der Waals surface area contributed by atoms with E-state index in [1.807, 2.05) is 13.8 Å². The van der Waals surface area contributed by atoms with E-state index in [9.17, 15) is 9.59 Å². The van der Waals surface area contributed by atoms with Crippen molar-refractivity contribution in [2.45, 2.75) is 20.4 Å². The molecule has 0 aliphatic heterocycles. The van der Waals surface area contributed by atoms with Crippen LogP contribution in [0.5, 0.6) is 0 Å². The lowest BCUT2D eigenvalue weighted by atomic mass is 10.4. The van der Waals surface area contributed by atoms with Gasteiger partial charge in [-0.05, 0) is 29.8 Å². The van der Waals surface area contributed by atoms with Crippen LogP contribution in [0.1, 0.15) is 13.8 Å². The Bertz CT molecular complexity index is 458. The molecule has 0 unspecified atom stereocenters. The molecule has 0 atom stereocenters. The van der Waals surface area contributed by atoms with Crippen molar-refractivity contribution < 1.29 is 4.79 Å². The minimum absolute atomic E-state index is 0.115. The van der Waals surface area contributed by atoms with Crippen molar-refractivity contribution in [2.75, 3.05) is 18.4 Å². The number of amides is 1. The van der Waals surface area contributed by atoms with Crippen LogP contribution in [0.2, 0.25) is 0 Å². The van der Waals surface area contributed by atoms with Crippen molar-refractivity contribution in [1.82, 2.24) is 15.1 Å². The Morgan fingerprint density at radius 2 is 2.24 bits per heavy atom. The zero-order valence-electron chi connectivity index (χ0n) is 9.79. The molecule has 1 amide bonds. The van der Waals surface area contributed by atoms with E-state index in [2.05, 4.69) is 31.7 Å². The number of carbonyl (C=O) groups is 1. The lowest BCUT2D eigenvalue weighted by Crippen LogP contribution is -2.30. The highest BCUT2D eigenvalue weighted by molar-refractivity contribution is 9.10. The highest BCUT2D eigenvalue weighted by Crippen LogP contribution is 2.15. The fraction of sp³-hybridized carbons (Fsp3) is 0.500. The van der Waals surface area contributed by atoms with Gasteiger partial charge in [-0.3, -0.25) is 9.59 Å². The number of nitrogens with one attached hydrogen (secondary N) is 2. The first-order valence-corrected chi connectivity index (χ1v) is 6.15. The standard InChI is InChI=1S/C10H15BrN4O2/c1-3-12-8(16)6-13-7-5-14-15(4-2)10(17)9(7)11/h5,13H,3-4,6H2,1-2H3,(H,12,16). The number of nitrogens with zero attached hydrogens (tertiary/aromatic N) is 2. The molecule has 1 aromatic rings. The molecule has 17 heavy (non-hydrogen) atoms. The summed E-state index contributed by atoms with van der Waals surface area (Å²) in [5, 5.41) is 9.47. The Morgan fingerprint density at radius 1 is 1.53 bits per heavy atom. The van der Waals surface area contributed by atoms with Crippen molar-refractivity contribution in [1.29, 1.82) is 0 Å². The molecule has 94 valence electrons. The third-order valence-electron chi connectivity index (χ3n) is 2.10. The number of rotatable bonds is 5. The molecule has 6 nitrogen and oxygen atoms in total. The number of aromatic nitrogens is 2. The molecule has 0 saturated carbocycles. The normalized spacial score (nSPS) is 10.1. The molecule has 0 radical (unpaired) electrons. The van der Waals surface area contributed by atoms with Crippen LogP contribution in [0.4, 0.5) is 5.69 Å². The van der Waals surface area contributed by atoms with Gasteiger partial charge in [-0.15, -0.1) is 0 Å². The Morgan fingerprint density at radius 3 is 2.82 bits per heavy atom. The van der Waals surface area contributed by atoms with Gasteiger partial charge in [0.1, 0.15) is 4.47 Å². The molecule has 1 heterocycles. The second kappa shape index (κ2) is 6.39. The van der Waals surface area contributed by atoms with Crippen molar-refractivity contribution in [3.8, 4) is 0 Å². The summed E-state index contributed by atoms with van der Waals surface area (Å²) in [5.74, 6) is -0.126. The van der Waals surface area contributed by atoms with Crippen LogP contribution in [-0.4, -0.2) is 28.8 Å². The molecule has 2 N–H and O–H groups in total. The highest BCUT2D eigenvalue weighted by Gasteiger charge is 2.08. The van der Waals surface area contributed by atoms with Crippen LogP contribution in [0.15, 0.2) is 15.5 Å². The highest BCUT2D eigenvalue weighted by atomic mass is 79.9. The molecule has 7 heteroatoms. The number of anilines is 1. The summed E-state index contributed by atoms with van der Waals surface area (Å²) in [7, 11) is 0. The third-order valence-corrected chi connectivity index (χ3v) is 2.86. The van der Waals surface area contributed by atoms with Gasteiger partial charge in [-0.2, -0.15) is 5.10 Å². The summed E-state index contributed by atoms with van der Waals surface area (Å²) in [4.78, 5) is 22.9. The smallest absolute Gasteiger partial charge is 0.283 e. The average Bonchev–Trinajstić information content (AvgIpc) is 2.31. The lowest BCUT2D eigenvalue weighted by Gasteiger charge is -2.09. The van der Waals surface area contributed by atoms with Crippen molar-refractivity contribution in [3.63, 3.8) is 0 Å². The summed E-state index contributed by atoms with van der Waals surface area (Å²) in [6.07, 6.45) is 1.52. The minimum atomic E-state index is -0.214. The predicted octanol–water partition coefficient (Wildman–Crippen LogP) is 0.574. The molecule has 0 saturated heterocycles. The maximum atomic E-state index is 11.7. The number of hydrogen-bond acceptors (Lipinski definition) is 4. The van der Waals surface area contributed by atoms with Gasteiger partial charge in [-0.1, -0.05) is 0 Å². The van der Waals surface area contributed by atoms with Crippen LogP contribution >= 0.6 is 15.9 Å². The topological polar surface area (TPSA) is 76.0 Å². The van der Waals surface area contributed by atoms with E-state index in [-0.39, 0.29) is 18.0 Å². The molecule has 0 aliphatic carbocycles. The van der Waals surface area contributed by atoms with E-state index in [1.54, 1.807) is 0 Å². The Kier molecular flexibility index (Phi) is 5.14. The third kappa shape index (κ3) is 3.55. The van der Waals surface area contributed by atoms with Gasteiger partial charge in [0, 0.05) is 13.1 Å². The van der Waals surface area contributed by atoms with Gasteiger partial charge >= 0.3 is 0 Å². The molecule has 0 fully saturated rings. The Balaban J connectivity index is 2.76. The minimum Gasteiger partial charge on any atom is -0.374 e. The number of carbonyl (C=O) groups excluding carboxylic acids is 1. The molecule has 1 rings (SSSR count). The first-order chi connectivity index (χ1) is 8.10. The number of aryl methyl sites for hydroxylation is 1. The zero-order chi connectivity index (χ0) is 12.8. The molecule has 1 aromatic heterocycles. The quantitative estimate of drug-likeness (QED) is 0.834. The van der Waals surface area contributed by atoms with E-state index >= 15 is 0 Å². The lowest BCUT2D eigenvalue weighted by molar-refractivity contribution is -0.119. The summed E-state index contributed by atoms with van der Waals surface area (Å²) in [6, 6.07) is 0. The van der Waals surface area contributed by atoms with Gasteiger partial charge in [0.05, 0.1) is 18.4 Å². The van der Waals surface area contributed by atoms with Crippen LogP contribution in [0.25, 0.3) is 0 Å². The Labute approximate surface area is 108 Å². The van der Waals surface area contributed by atoms with E-state index in [0.717, 1.165) is 0 Å². The fourth-order valence-corrected chi connectivity index (χ4v) is 1.70. The largest absolute Gasteiger partial charge is 0.374 e. The molecule has 0 spiro atoms. The van der Waals surface area contributed by atoms with E-state index in [4.69, 9.17) is 0 Å². The van der Waals surface area contributed by atoms with Crippen LogP contribution in [0, 0.1) is 0 Å². The van der Waals surface area contributed by atoms with E-state index in [1.165, 1.54) is 10.9 Å². The Hall–Kier alpha value is -1.37. The summed E-state index contributed by atoms with van der Waals surface area (Å²) in [6.45, 7) is 4.88. The van der Waals surface area contributed by atoms with E-state index < -0.39 is 0 Å². The number of likely N-dealkylation sites (N-methyl/N-ethyl adjacent to an activating group) is 1. The molecule has 0 aliphatic rings. The van der Waals surface area contributed by atoms with E-state index in [0.29, 0.717) is 23.2 Å². The van der Waals surface area contributed by atoms with Gasteiger partial charge < -0.3 is 10.6 Å². The van der Waals surface area contributed by atoms with Crippen molar-refractivity contribution in [2.24, 2.45) is 0 Å². The molecule has 0 aromatic carbocycles. The fourth-order valence-electron chi connectivity index (χ4n) is 1.25. The maximum Gasteiger partial charge on any atom is 0.283 e. The molecule has 0 bridgehead atoms. The SMILES string of the molecule is CCNC(=O)CNc1cnn(CC)c(=O)c1Br. The van der Waals surface area contributed by atoms with Crippen LogP contribution < -0.4 is 16.2 Å². The van der Waals surface area contributed by atoms with Crippen LogP contribution in [0.3, 0.4) is 0 Å². The monoisotopic (exact) mass is 302 g/mol. The maximum absolute atomic E-state index is 11.7. The van der Waals surface area contributed by atoms with Crippen molar-refractivity contribution >= 4 is 27.5 Å². The summed E-state index contributed by atoms with van der Waals surface area (Å²) < 4.78 is 1.72. The molecular weight excluding hydrogens is 288 g/mol. The summed E-state index contributed by atoms with van der Waals surface area (Å²) >= 11 is 3.19. The first-order valence-electron chi connectivity index (χ1n) is 5.36. The van der Waals surface area contributed by atoms with Gasteiger partial charge in [0.2, 0.25) is 5.91 Å². The zero-order valence-corrected chi connectivity index (χ0v) is 11.4. The molecular formula is C10H15BrN4O2. The number of halogens is 1. The van der Waals surface area contributed by atoms with Gasteiger partial charge in [-0.25, -0.2) is 4.68 Å². The first kappa shape index (κ1) is 13.7. The van der Waals surface area contributed by atoms with Gasteiger partial charge in [0.25, 0.3) is 5.56 Å². The second-order valence-corrected chi connectivity index (χ2v) is 4.09. The average molecular weight is 303 g/mol. The second-order valence-electron chi connectivity index (χ2n) is 3.30. The summed E-state index contributed by atoms with van der Waals surface area (Å²) in [5.41, 5.74) is 0.305. The van der Waals surface area contributed by atoms with Gasteiger partial charge in [0.15, 0.2) is 0 Å². The van der Waals surface area contributed by atoms with Crippen LogP contribution in [-0.2, 0) is 11.3 Å². The predicted molar refractivity (Wildman–Crippen MR) is 69.0 cm³/mol.